The molecule has 6 heteroatoms. The molecule has 0 atom stereocenters. The SMILES string of the molecule is Cc1c(F)cncc1-c1nc2cc(F)cc(F)c2n1C. The molecule has 0 saturated heterocycles. The lowest BCUT2D eigenvalue weighted by Gasteiger charge is -2.06. The van der Waals surface area contributed by atoms with Gasteiger partial charge in [0.25, 0.3) is 0 Å². The number of hydrogen-bond acceptors (Lipinski definition) is 2. The summed E-state index contributed by atoms with van der Waals surface area (Å²) in [5, 5.41) is 0. The Hall–Kier alpha value is -2.37. The summed E-state index contributed by atoms with van der Waals surface area (Å²) < 4.78 is 42.1. The highest BCUT2D eigenvalue weighted by Gasteiger charge is 2.17. The quantitative estimate of drug-likeness (QED) is 0.683. The molecule has 0 radical (unpaired) electrons. The van der Waals surface area contributed by atoms with E-state index < -0.39 is 17.5 Å². The molecule has 1 aromatic carbocycles. The van der Waals surface area contributed by atoms with Crippen molar-refractivity contribution in [3.05, 3.63) is 47.5 Å². The molecule has 0 unspecified atom stereocenters. The van der Waals surface area contributed by atoms with Crippen LogP contribution in [0.4, 0.5) is 13.2 Å². The highest BCUT2D eigenvalue weighted by atomic mass is 19.1. The average Bonchev–Trinajstić information content (AvgIpc) is 2.70. The lowest BCUT2D eigenvalue weighted by atomic mass is 10.1. The van der Waals surface area contributed by atoms with E-state index in [0.29, 0.717) is 17.0 Å². The Morgan fingerprint density at radius 2 is 1.80 bits per heavy atom. The van der Waals surface area contributed by atoms with Crippen LogP contribution in [0.25, 0.3) is 22.4 Å². The normalized spacial score (nSPS) is 11.2. The number of fused-ring (bicyclic) bond motifs is 1. The Morgan fingerprint density at radius 3 is 2.55 bits per heavy atom. The zero-order chi connectivity index (χ0) is 14.4. The molecule has 2 heterocycles. The molecular weight excluding hydrogens is 267 g/mol. The first kappa shape index (κ1) is 12.7. The molecule has 0 fully saturated rings. The maximum atomic E-state index is 13.8. The third kappa shape index (κ3) is 1.76. The van der Waals surface area contributed by atoms with Gasteiger partial charge in [-0.25, -0.2) is 18.2 Å². The van der Waals surface area contributed by atoms with Crippen molar-refractivity contribution in [2.24, 2.45) is 7.05 Å². The maximum Gasteiger partial charge on any atom is 0.152 e. The van der Waals surface area contributed by atoms with E-state index in [4.69, 9.17) is 0 Å². The van der Waals surface area contributed by atoms with Gasteiger partial charge in [-0.3, -0.25) is 4.98 Å². The van der Waals surface area contributed by atoms with E-state index in [9.17, 15) is 13.2 Å². The van der Waals surface area contributed by atoms with Crippen molar-refractivity contribution in [1.82, 2.24) is 14.5 Å². The Balaban J connectivity index is 2.35. The van der Waals surface area contributed by atoms with Gasteiger partial charge in [0.05, 0.1) is 11.7 Å². The highest BCUT2D eigenvalue weighted by Crippen LogP contribution is 2.28. The van der Waals surface area contributed by atoms with E-state index in [0.717, 1.165) is 18.3 Å². The largest absolute Gasteiger partial charge is 0.325 e. The second-order valence-electron chi connectivity index (χ2n) is 4.54. The third-order valence-electron chi connectivity index (χ3n) is 3.28. The number of aryl methyl sites for hydroxylation is 1. The number of halogens is 3. The fourth-order valence-electron chi connectivity index (χ4n) is 2.23. The van der Waals surface area contributed by atoms with E-state index in [1.165, 1.54) is 10.8 Å². The van der Waals surface area contributed by atoms with Crippen LogP contribution in [0.3, 0.4) is 0 Å². The molecule has 0 bridgehead atoms. The topological polar surface area (TPSA) is 30.7 Å². The molecule has 0 spiro atoms. The van der Waals surface area contributed by atoms with Gasteiger partial charge in [-0.15, -0.1) is 0 Å². The molecule has 102 valence electrons. The zero-order valence-electron chi connectivity index (χ0n) is 10.8. The molecule has 3 aromatic rings. The Morgan fingerprint density at radius 1 is 1.05 bits per heavy atom. The summed E-state index contributed by atoms with van der Waals surface area (Å²) in [5.74, 6) is -1.53. The first-order chi connectivity index (χ1) is 9.49. The van der Waals surface area contributed by atoms with Gasteiger partial charge in [-0.05, 0) is 12.5 Å². The van der Waals surface area contributed by atoms with Crippen LogP contribution in [0.5, 0.6) is 0 Å². The standard InChI is InChI=1S/C14H10F3N3/c1-7-9(5-18-6-11(7)17)14-19-12-4-8(15)3-10(16)13(12)20(14)2/h3-6H,1-2H3. The first-order valence-corrected chi connectivity index (χ1v) is 5.91. The first-order valence-electron chi connectivity index (χ1n) is 5.91. The Labute approximate surface area is 112 Å². The van der Waals surface area contributed by atoms with Crippen molar-refractivity contribution in [3.8, 4) is 11.4 Å². The minimum Gasteiger partial charge on any atom is -0.325 e. The molecule has 0 aliphatic rings. The number of rotatable bonds is 1. The van der Waals surface area contributed by atoms with Gasteiger partial charge in [-0.2, -0.15) is 0 Å². The molecule has 0 N–H and O–H groups in total. The number of imidazole rings is 1. The van der Waals surface area contributed by atoms with Gasteiger partial charge < -0.3 is 4.57 Å². The minimum absolute atomic E-state index is 0.171. The van der Waals surface area contributed by atoms with Crippen LogP contribution in [-0.2, 0) is 7.05 Å². The molecule has 2 aromatic heterocycles. The van der Waals surface area contributed by atoms with Crippen molar-refractivity contribution >= 4 is 11.0 Å². The van der Waals surface area contributed by atoms with Crippen LogP contribution in [0.1, 0.15) is 5.56 Å². The molecule has 0 aliphatic carbocycles. The molecule has 0 saturated carbocycles. The number of hydrogen-bond donors (Lipinski definition) is 0. The fraction of sp³-hybridized carbons (Fsp3) is 0.143. The second kappa shape index (κ2) is 4.33. The summed E-state index contributed by atoms with van der Waals surface area (Å²) >= 11 is 0. The summed E-state index contributed by atoms with van der Waals surface area (Å²) in [4.78, 5) is 7.96. The minimum atomic E-state index is -0.705. The van der Waals surface area contributed by atoms with Crippen molar-refractivity contribution in [2.45, 2.75) is 6.92 Å². The predicted molar refractivity (Wildman–Crippen MR) is 68.6 cm³/mol. The second-order valence-corrected chi connectivity index (χ2v) is 4.54. The lowest BCUT2D eigenvalue weighted by molar-refractivity contribution is 0.588. The summed E-state index contributed by atoms with van der Waals surface area (Å²) in [6.07, 6.45) is 2.55. The van der Waals surface area contributed by atoms with E-state index in [-0.39, 0.29) is 11.0 Å². The third-order valence-corrected chi connectivity index (χ3v) is 3.28. The van der Waals surface area contributed by atoms with Crippen LogP contribution in [-0.4, -0.2) is 14.5 Å². The average molecular weight is 277 g/mol. The van der Waals surface area contributed by atoms with Gasteiger partial charge in [0.1, 0.15) is 23.0 Å². The van der Waals surface area contributed by atoms with Crippen LogP contribution in [0, 0.1) is 24.4 Å². The van der Waals surface area contributed by atoms with Crippen molar-refractivity contribution in [2.75, 3.05) is 0 Å². The van der Waals surface area contributed by atoms with Gasteiger partial charge >= 0.3 is 0 Å². The van der Waals surface area contributed by atoms with Crippen LogP contribution >= 0.6 is 0 Å². The molecule has 3 nitrogen and oxygen atoms in total. The smallest absolute Gasteiger partial charge is 0.152 e. The molecular formula is C14H10F3N3. The molecule has 0 amide bonds. The maximum absolute atomic E-state index is 13.8. The molecule has 3 rings (SSSR count). The van der Waals surface area contributed by atoms with Gasteiger partial charge in [0.15, 0.2) is 5.82 Å². The zero-order valence-corrected chi connectivity index (χ0v) is 10.8. The number of pyridine rings is 1. The Bertz CT molecular complexity index is 824. The summed E-state index contributed by atoms with van der Waals surface area (Å²) in [6, 6.07) is 1.94. The van der Waals surface area contributed by atoms with Gasteiger partial charge in [-0.1, -0.05) is 0 Å². The van der Waals surface area contributed by atoms with Crippen LogP contribution < -0.4 is 0 Å². The van der Waals surface area contributed by atoms with Gasteiger partial charge in [0, 0.05) is 30.9 Å². The summed E-state index contributed by atoms with van der Waals surface area (Å²) in [5.41, 5.74) is 1.16. The fourth-order valence-corrected chi connectivity index (χ4v) is 2.23. The van der Waals surface area contributed by atoms with E-state index in [1.807, 2.05) is 0 Å². The van der Waals surface area contributed by atoms with E-state index in [2.05, 4.69) is 9.97 Å². The van der Waals surface area contributed by atoms with E-state index in [1.54, 1.807) is 14.0 Å². The predicted octanol–water partition coefficient (Wildman–Crippen LogP) is 3.36. The molecule has 0 aliphatic heterocycles. The Kier molecular flexibility index (Phi) is 2.74. The number of aromatic nitrogens is 3. The van der Waals surface area contributed by atoms with Crippen LogP contribution in [0.2, 0.25) is 0 Å². The number of benzene rings is 1. The van der Waals surface area contributed by atoms with Crippen LogP contribution in [0.15, 0.2) is 24.5 Å². The molecule has 20 heavy (non-hydrogen) atoms. The van der Waals surface area contributed by atoms with E-state index >= 15 is 0 Å². The van der Waals surface area contributed by atoms with Gasteiger partial charge in [0.2, 0.25) is 0 Å². The lowest BCUT2D eigenvalue weighted by Crippen LogP contribution is -1.98. The monoisotopic (exact) mass is 277 g/mol. The summed E-state index contributed by atoms with van der Waals surface area (Å²) in [6.45, 7) is 1.59. The number of nitrogens with zero attached hydrogens (tertiary/aromatic N) is 3. The van der Waals surface area contributed by atoms with Crippen molar-refractivity contribution in [3.63, 3.8) is 0 Å². The highest BCUT2D eigenvalue weighted by molar-refractivity contribution is 5.81. The van der Waals surface area contributed by atoms with Crippen molar-refractivity contribution < 1.29 is 13.2 Å². The summed E-state index contributed by atoms with van der Waals surface area (Å²) in [7, 11) is 1.59. The van der Waals surface area contributed by atoms with Crippen molar-refractivity contribution in [1.29, 1.82) is 0 Å².